The van der Waals surface area contributed by atoms with Crippen LogP contribution in [0.3, 0.4) is 0 Å². The van der Waals surface area contributed by atoms with Crippen LogP contribution in [0.4, 0.5) is 8.63 Å². The Kier molecular flexibility index (Phi) is 6.81. The molecule has 2 aromatic heterocycles. The quantitative estimate of drug-likeness (QED) is 0.291. The van der Waals surface area contributed by atoms with Gasteiger partial charge in [0.05, 0.1) is 16.8 Å². The molecule has 0 saturated carbocycles. The summed E-state index contributed by atoms with van der Waals surface area (Å²) in [5.41, 5.74) is 7.23. The third-order valence-electron chi connectivity index (χ3n) is 7.17. The van der Waals surface area contributed by atoms with Gasteiger partial charge in [-0.05, 0) is 68.3 Å². The third kappa shape index (κ3) is 4.59. The molecule has 0 unspecified atom stereocenters. The first-order valence-corrected chi connectivity index (χ1v) is 12.6. The van der Waals surface area contributed by atoms with Crippen LogP contribution in [0.1, 0.15) is 53.9 Å². The molecular weight excluding hydrogens is 483 g/mol. The second kappa shape index (κ2) is 10.1. The van der Waals surface area contributed by atoms with Gasteiger partial charge in [0, 0.05) is 61.8 Å². The lowest BCUT2D eigenvalue weighted by molar-refractivity contribution is -0.343. The molecule has 192 valence electrons. The van der Waals surface area contributed by atoms with Crippen molar-refractivity contribution in [1.29, 1.82) is 0 Å². The van der Waals surface area contributed by atoms with E-state index >= 15 is 0 Å². The maximum absolute atomic E-state index is 14.2. The normalized spacial score (nSPS) is 16.8. The van der Waals surface area contributed by atoms with Crippen LogP contribution in [0.2, 0.25) is 0 Å². The van der Waals surface area contributed by atoms with Gasteiger partial charge in [0.1, 0.15) is 5.58 Å². The molecule has 2 aliphatic heterocycles. The molecule has 0 amide bonds. The Morgan fingerprint density at radius 2 is 1.97 bits per heavy atom. The highest BCUT2D eigenvalue weighted by Gasteiger charge is 2.44. The number of fused-ring (bicyclic) bond motifs is 2. The smallest absolute Gasteiger partial charge is 0.422 e. The van der Waals surface area contributed by atoms with E-state index in [0.717, 1.165) is 56.5 Å². The van der Waals surface area contributed by atoms with Crippen LogP contribution in [0, 0.1) is 25.7 Å². The number of nitrogens with one attached hydrogen (secondary N) is 1. The van der Waals surface area contributed by atoms with Crippen molar-refractivity contribution in [3.05, 3.63) is 91.7 Å². The minimum absolute atomic E-state index is 0.341. The molecule has 4 heterocycles. The lowest BCUT2D eigenvalue weighted by atomic mass is 9.99. The molecular formula is C30H29BF2N3O2+. The highest BCUT2D eigenvalue weighted by Crippen LogP contribution is 2.33. The van der Waals surface area contributed by atoms with Crippen LogP contribution in [0.15, 0.2) is 56.9 Å². The molecule has 0 bridgehead atoms. The first kappa shape index (κ1) is 25.7. The van der Waals surface area contributed by atoms with Gasteiger partial charge in [-0.3, -0.25) is 0 Å². The fraction of sp³-hybridized carbons (Fsp3) is 0.267. The number of rotatable bonds is 4. The van der Waals surface area contributed by atoms with E-state index in [1.165, 1.54) is 0 Å². The number of aryl methyl sites for hydroxylation is 2. The highest BCUT2D eigenvalue weighted by molar-refractivity contribution is 6.35. The first-order valence-electron chi connectivity index (χ1n) is 12.6. The van der Waals surface area contributed by atoms with E-state index in [9.17, 15) is 13.4 Å². The number of hydrogen-bond donors (Lipinski definition) is 1. The summed E-state index contributed by atoms with van der Waals surface area (Å²) < 4.78 is 37.2. The zero-order chi connectivity index (χ0) is 27.1. The molecule has 8 heteroatoms. The summed E-state index contributed by atoms with van der Waals surface area (Å²) in [6.45, 7) is 8.94. The van der Waals surface area contributed by atoms with Crippen LogP contribution in [-0.4, -0.2) is 28.7 Å². The Balaban J connectivity index is 1.69. The predicted octanol–water partition coefficient (Wildman–Crippen LogP) is 5.37. The zero-order valence-corrected chi connectivity index (χ0v) is 22.2. The minimum Gasteiger partial charge on any atom is -0.422 e. The molecule has 2 aliphatic rings. The van der Waals surface area contributed by atoms with Crippen molar-refractivity contribution in [2.75, 3.05) is 6.54 Å². The van der Waals surface area contributed by atoms with Crippen molar-refractivity contribution >= 4 is 35.7 Å². The minimum atomic E-state index is -2.70. The van der Waals surface area contributed by atoms with Crippen molar-refractivity contribution in [1.82, 2.24) is 9.88 Å². The van der Waals surface area contributed by atoms with Gasteiger partial charge in [0.2, 0.25) is 0 Å². The van der Waals surface area contributed by atoms with Gasteiger partial charge < -0.3 is 14.3 Å². The molecule has 38 heavy (non-hydrogen) atoms. The van der Waals surface area contributed by atoms with E-state index in [1.54, 1.807) is 31.2 Å². The fourth-order valence-corrected chi connectivity index (χ4v) is 5.31. The molecule has 0 radical (unpaired) electrons. The average Bonchev–Trinajstić information content (AvgIpc) is 3.28. The van der Waals surface area contributed by atoms with E-state index in [1.807, 2.05) is 50.6 Å². The number of allylic oxidation sites excluding steroid dienone is 4. The summed E-state index contributed by atoms with van der Waals surface area (Å²) in [6.07, 6.45) is 5.93. The molecule has 0 atom stereocenters. The van der Waals surface area contributed by atoms with Gasteiger partial charge >= 0.3 is 13.0 Å². The molecule has 5 rings (SSSR count). The predicted molar refractivity (Wildman–Crippen MR) is 149 cm³/mol. The fourth-order valence-electron chi connectivity index (χ4n) is 5.31. The number of halogens is 2. The van der Waals surface area contributed by atoms with E-state index < -0.39 is 13.0 Å². The van der Waals surface area contributed by atoms with E-state index in [0.29, 0.717) is 34.7 Å². The van der Waals surface area contributed by atoms with Crippen LogP contribution in [0.5, 0.6) is 0 Å². The SMILES string of the molecule is CC1=CC(C)=[N+](B(F)F)/C1=C(/C=C/c1cc2cc3c(cc2oc1=O)C#CCCNC3)c1c(C)cc(C)n1C. The molecule has 5 nitrogen and oxygen atoms in total. The topological polar surface area (TPSA) is 50.2 Å². The molecule has 1 aromatic carbocycles. The van der Waals surface area contributed by atoms with E-state index in [2.05, 4.69) is 17.2 Å². The Bertz CT molecular complexity index is 1730. The van der Waals surface area contributed by atoms with E-state index in [-0.39, 0.29) is 0 Å². The number of aromatic nitrogens is 1. The number of hydrogen-bond acceptors (Lipinski definition) is 3. The summed E-state index contributed by atoms with van der Waals surface area (Å²) >= 11 is 0. The van der Waals surface area contributed by atoms with Gasteiger partial charge in [-0.15, -0.1) is 0 Å². The van der Waals surface area contributed by atoms with Crippen LogP contribution in [0.25, 0.3) is 22.6 Å². The van der Waals surface area contributed by atoms with Crippen molar-refractivity contribution in [2.45, 2.75) is 40.7 Å². The zero-order valence-electron chi connectivity index (χ0n) is 22.2. The summed E-state index contributed by atoms with van der Waals surface area (Å²) in [5, 5.41) is 4.15. The second-order valence-electron chi connectivity index (χ2n) is 9.85. The van der Waals surface area contributed by atoms with Gasteiger partial charge in [0.15, 0.2) is 11.4 Å². The lowest BCUT2D eigenvalue weighted by Gasteiger charge is -2.12. The van der Waals surface area contributed by atoms with Gasteiger partial charge in [-0.1, -0.05) is 11.8 Å². The third-order valence-corrected chi connectivity index (χ3v) is 7.17. The summed E-state index contributed by atoms with van der Waals surface area (Å²) in [4.78, 5) is 13.0. The van der Waals surface area contributed by atoms with Crippen molar-refractivity contribution in [2.24, 2.45) is 7.05 Å². The van der Waals surface area contributed by atoms with Crippen LogP contribution >= 0.6 is 0 Å². The van der Waals surface area contributed by atoms with Crippen molar-refractivity contribution in [3.63, 3.8) is 0 Å². The molecule has 0 saturated heterocycles. The van der Waals surface area contributed by atoms with Crippen LogP contribution in [-0.2, 0) is 13.6 Å². The summed E-state index contributed by atoms with van der Waals surface area (Å²) in [7, 11) is -0.788. The Morgan fingerprint density at radius 3 is 2.68 bits per heavy atom. The Morgan fingerprint density at radius 1 is 1.18 bits per heavy atom. The van der Waals surface area contributed by atoms with Gasteiger partial charge in [-0.2, -0.15) is 0 Å². The molecule has 0 aliphatic carbocycles. The first-order chi connectivity index (χ1) is 18.2. The summed E-state index contributed by atoms with van der Waals surface area (Å²) in [6, 6.07) is 7.61. The van der Waals surface area contributed by atoms with E-state index in [4.69, 9.17) is 4.42 Å². The monoisotopic (exact) mass is 512 g/mol. The Labute approximate surface area is 221 Å². The largest absolute Gasteiger partial charge is 0.934 e. The average molecular weight is 512 g/mol. The second-order valence-corrected chi connectivity index (χ2v) is 9.85. The molecule has 0 spiro atoms. The van der Waals surface area contributed by atoms with Crippen LogP contribution < -0.4 is 10.9 Å². The maximum atomic E-state index is 14.2. The molecule has 3 aromatic rings. The van der Waals surface area contributed by atoms with Crippen molar-refractivity contribution < 1.29 is 17.5 Å². The van der Waals surface area contributed by atoms with Gasteiger partial charge in [0.25, 0.3) is 0 Å². The molecule has 0 fully saturated rings. The van der Waals surface area contributed by atoms with Gasteiger partial charge in [-0.25, -0.2) is 17.9 Å². The highest BCUT2D eigenvalue weighted by atomic mass is 19.2. The molecule has 1 N–H and O–H groups in total. The summed E-state index contributed by atoms with van der Waals surface area (Å²) in [5.74, 6) is 6.29. The maximum Gasteiger partial charge on any atom is 0.934 e. The standard InChI is InChI=1S/C30H29BF2N3O2/c1-18-12-20(3)35(5)28(18)26(29-19(2)13-21(4)36(29)31(32)33)10-9-23-14-24-15-25-17-34-11-7-6-8-22(25)16-27(24)38-30(23)37/h9-10,12-16,34H,7,11,17H2,1-5H3/q+1/b10-9+. The Hall–Kier alpha value is -3.96. The number of benzene rings is 1. The van der Waals surface area contributed by atoms with Crippen molar-refractivity contribution in [3.8, 4) is 11.8 Å². The lowest BCUT2D eigenvalue weighted by Crippen LogP contribution is -2.25. The number of nitrogens with zero attached hydrogens (tertiary/aromatic N) is 2.